The lowest BCUT2D eigenvalue weighted by atomic mass is 10.3. The van der Waals surface area contributed by atoms with E-state index in [1.807, 2.05) is 19.9 Å². The van der Waals surface area contributed by atoms with Crippen LogP contribution in [0.3, 0.4) is 0 Å². The summed E-state index contributed by atoms with van der Waals surface area (Å²) >= 11 is 0. The van der Waals surface area contributed by atoms with Crippen LogP contribution < -0.4 is 5.30 Å². The van der Waals surface area contributed by atoms with E-state index in [2.05, 4.69) is 9.97 Å². The third-order valence-electron chi connectivity index (χ3n) is 2.85. The lowest BCUT2D eigenvalue weighted by Gasteiger charge is -2.13. The summed E-state index contributed by atoms with van der Waals surface area (Å²) in [6.45, 7) is 3.90. The van der Waals surface area contributed by atoms with Gasteiger partial charge in [0.05, 0.1) is 24.1 Å². The van der Waals surface area contributed by atoms with Crippen LogP contribution in [-0.2, 0) is 4.57 Å². The summed E-state index contributed by atoms with van der Waals surface area (Å²) in [7, 11) is -2.31. The third-order valence-corrected chi connectivity index (χ3v) is 6.12. The second-order valence-corrected chi connectivity index (χ2v) is 7.15. The Morgan fingerprint density at radius 1 is 1.44 bits per heavy atom. The van der Waals surface area contributed by atoms with Crippen LogP contribution in [0.15, 0.2) is 29.3 Å². The van der Waals surface area contributed by atoms with Gasteiger partial charge < -0.3 is 14.0 Å². The quantitative estimate of drug-likeness (QED) is 0.833. The summed E-state index contributed by atoms with van der Waals surface area (Å²) in [5, 5.41) is 0.821. The first-order valence-electron chi connectivity index (χ1n) is 5.36. The van der Waals surface area contributed by atoms with Gasteiger partial charge in [-0.05, 0) is 6.07 Å². The second kappa shape index (κ2) is 4.30. The highest BCUT2D eigenvalue weighted by atomic mass is 31.2. The number of H-pyrrole nitrogens is 1. The molecule has 0 aliphatic heterocycles. The summed E-state index contributed by atoms with van der Waals surface area (Å²) in [4.78, 5) is 6.92. The maximum Gasteiger partial charge on any atom is 0.162 e. The number of hydrogen-bond acceptors (Lipinski definition) is 3. The Bertz CT molecular complexity index is 494. The Kier molecular flexibility index (Phi) is 3.01. The number of rotatable bonds is 4. The number of nitrogens with zero attached hydrogens (tertiary/aromatic N) is 1. The summed E-state index contributed by atoms with van der Waals surface area (Å²) in [6.07, 6.45) is 6.17. The Morgan fingerprint density at radius 3 is 2.75 bits per heavy atom. The van der Waals surface area contributed by atoms with Crippen LogP contribution in [-0.4, -0.2) is 22.3 Å². The van der Waals surface area contributed by atoms with Gasteiger partial charge in [-0.1, -0.05) is 13.8 Å². The van der Waals surface area contributed by atoms with E-state index >= 15 is 0 Å². The van der Waals surface area contributed by atoms with Crippen LogP contribution >= 0.6 is 7.14 Å². The monoisotopic (exact) mass is 238 g/mol. The van der Waals surface area contributed by atoms with Crippen molar-refractivity contribution in [1.82, 2.24) is 9.97 Å². The molecule has 16 heavy (non-hydrogen) atoms. The predicted molar refractivity (Wildman–Crippen MR) is 64.6 cm³/mol. The molecule has 0 amide bonds. The van der Waals surface area contributed by atoms with Gasteiger partial charge in [-0.2, -0.15) is 0 Å². The molecule has 0 aliphatic carbocycles. The van der Waals surface area contributed by atoms with Gasteiger partial charge in [0.1, 0.15) is 12.8 Å². The zero-order valence-corrected chi connectivity index (χ0v) is 10.3. The first-order valence-corrected chi connectivity index (χ1v) is 7.44. The van der Waals surface area contributed by atoms with Crippen molar-refractivity contribution in [1.29, 1.82) is 0 Å². The first-order chi connectivity index (χ1) is 7.71. The lowest BCUT2D eigenvalue weighted by Crippen LogP contribution is -2.09. The molecule has 2 rings (SSSR count). The van der Waals surface area contributed by atoms with Gasteiger partial charge in [0, 0.05) is 12.3 Å². The van der Waals surface area contributed by atoms with Crippen molar-refractivity contribution in [3.63, 3.8) is 0 Å². The summed E-state index contributed by atoms with van der Waals surface area (Å²) < 4.78 is 18.1. The highest BCUT2D eigenvalue weighted by Crippen LogP contribution is 2.46. The van der Waals surface area contributed by atoms with Crippen molar-refractivity contribution in [3.05, 3.63) is 24.9 Å². The van der Waals surface area contributed by atoms with Gasteiger partial charge in [-0.3, -0.25) is 0 Å². The van der Waals surface area contributed by atoms with Gasteiger partial charge in [0.15, 0.2) is 5.76 Å². The fourth-order valence-electron chi connectivity index (χ4n) is 1.77. The van der Waals surface area contributed by atoms with Crippen molar-refractivity contribution in [2.45, 2.75) is 13.8 Å². The Morgan fingerprint density at radius 2 is 2.19 bits per heavy atom. The molecule has 0 fully saturated rings. The molecule has 0 saturated heterocycles. The van der Waals surface area contributed by atoms with E-state index < -0.39 is 7.14 Å². The normalized spacial score (nSPS) is 11.9. The molecule has 2 heterocycles. The standard InChI is InChI=1S/C11H15N2O2P/c1-3-16(14,4-2)10-5-6-15-11(10)9-7-12-8-13-9/h5-8H,3-4H2,1-2H3,(H,12,13). The number of furan rings is 1. The SMILES string of the molecule is CCP(=O)(CC)c1ccoc1-c1cnc[nH]1. The van der Waals surface area contributed by atoms with Crippen LogP contribution in [0.5, 0.6) is 0 Å². The summed E-state index contributed by atoms with van der Waals surface area (Å²) in [5.41, 5.74) is 0.780. The van der Waals surface area contributed by atoms with Crippen molar-refractivity contribution in [2.75, 3.05) is 12.3 Å². The van der Waals surface area contributed by atoms with E-state index in [0.717, 1.165) is 11.0 Å². The minimum Gasteiger partial charge on any atom is -0.462 e. The van der Waals surface area contributed by atoms with E-state index in [4.69, 9.17) is 4.42 Å². The Balaban J connectivity index is 2.52. The minimum atomic E-state index is -2.31. The van der Waals surface area contributed by atoms with Crippen LogP contribution in [0.25, 0.3) is 11.5 Å². The minimum absolute atomic E-state index is 0.657. The van der Waals surface area contributed by atoms with Gasteiger partial charge in [0.25, 0.3) is 0 Å². The van der Waals surface area contributed by atoms with E-state index in [1.165, 1.54) is 0 Å². The first kappa shape index (κ1) is 11.2. The lowest BCUT2D eigenvalue weighted by molar-refractivity contribution is 0.576. The highest BCUT2D eigenvalue weighted by molar-refractivity contribution is 7.71. The Labute approximate surface area is 94.5 Å². The molecule has 0 bridgehead atoms. The highest BCUT2D eigenvalue weighted by Gasteiger charge is 2.26. The largest absolute Gasteiger partial charge is 0.462 e. The third kappa shape index (κ3) is 1.74. The number of hydrogen-bond donors (Lipinski definition) is 1. The van der Waals surface area contributed by atoms with E-state index in [0.29, 0.717) is 18.1 Å². The number of nitrogens with one attached hydrogen (secondary N) is 1. The smallest absolute Gasteiger partial charge is 0.162 e. The second-order valence-electron chi connectivity index (χ2n) is 3.62. The van der Waals surface area contributed by atoms with Gasteiger partial charge >= 0.3 is 0 Å². The zero-order chi connectivity index (χ0) is 11.6. The van der Waals surface area contributed by atoms with Gasteiger partial charge in [-0.25, -0.2) is 4.98 Å². The molecule has 5 heteroatoms. The maximum absolute atomic E-state index is 12.6. The van der Waals surface area contributed by atoms with Crippen molar-refractivity contribution < 1.29 is 8.98 Å². The summed E-state index contributed by atoms with van der Waals surface area (Å²) in [6, 6.07) is 1.81. The number of imidazole rings is 1. The van der Waals surface area contributed by atoms with Gasteiger partial charge in [-0.15, -0.1) is 0 Å². The van der Waals surface area contributed by atoms with Crippen LogP contribution in [0.4, 0.5) is 0 Å². The molecular formula is C11H15N2O2P. The molecule has 0 atom stereocenters. The molecule has 0 aromatic carbocycles. The maximum atomic E-state index is 12.6. The number of aromatic nitrogens is 2. The van der Waals surface area contributed by atoms with Crippen LogP contribution in [0.1, 0.15) is 13.8 Å². The van der Waals surface area contributed by atoms with Crippen molar-refractivity contribution in [3.8, 4) is 11.5 Å². The van der Waals surface area contributed by atoms with E-state index in [9.17, 15) is 4.57 Å². The van der Waals surface area contributed by atoms with Crippen molar-refractivity contribution in [2.24, 2.45) is 0 Å². The van der Waals surface area contributed by atoms with Gasteiger partial charge in [0.2, 0.25) is 0 Å². The molecule has 86 valence electrons. The summed E-state index contributed by atoms with van der Waals surface area (Å²) in [5.74, 6) is 0.657. The fraction of sp³-hybridized carbons (Fsp3) is 0.364. The average molecular weight is 238 g/mol. The van der Waals surface area contributed by atoms with Crippen LogP contribution in [0, 0.1) is 0 Å². The molecule has 0 radical (unpaired) electrons. The van der Waals surface area contributed by atoms with Crippen molar-refractivity contribution >= 4 is 12.4 Å². The molecule has 2 aromatic heterocycles. The zero-order valence-electron chi connectivity index (χ0n) is 9.43. The average Bonchev–Trinajstić information content (AvgIpc) is 2.97. The van der Waals surface area contributed by atoms with E-state index in [1.54, 1.807) is 18.8 Å². The molecular weight excluding hydrogens is 223 g/mol. The molecule has 4 nitrogen and oxygen atoms in total. The topological polar surface area (TPSA) is 58.9 Å². The fourth-order valence-corrected chi connectivity index (χ4v) is 3.77. The van der Waals surface area contributed by atoms with Crippen LogP contribution in [0.2, 0.25) is 0 Å². The Hall–Kier alpha value is -1.28. The molecule has 2 aromatic rings. The molecule has 0 saturated carbocycles. The molecule has 0 spiro atoms. The molecule has 1 N–H and O–H groups in total. The number of aromatic amines is 1. The predicted octanol–water partition coefficient (Wildman–Crippen LogP) is 2.70. The molecule has 0 unspecified atom stereocenters. The molecule has 0 aliphatic rings. The van der Waals surface area contributed by atoms with E-state index in [-0.39, 0.29) is 0 Å².